The Labute approximate surface area is 136 Å². The Morgan fingerprint density at radius 2 is 2.26 bits per heavy atom. The lowest BCUT2D eigenvalue weighted by Gasteiger charge is -2.16. The van der Waals surface area contributed by atoms with Crippen molar-refractivity contribution in [2.24, 2.45) is 5.92 Å². The lowest BCUT2D eigenvalue weighted by Crippen LogP contribution is -2.29. The topological polar surface area (TPSA) is 105 Å². The zero-order valence-electron chi connectivity index (χ0n) is 12.4. The number of carbonyl (C=O) groups is 1. The van der Waals surface area contributed by atoms with Gasteiger partial charge in [0, 0.05) is 22.7 Å². The highest BCUT2D eigenvalue weighted by molar-refractivity contribution is 7.11. The zero-order valence-corrected chi connectivity index (χ0v) is 13.2. The van der Waals surface area contributed by atoms with Gasteiger partial charge in [0.25, 0.3) is 5.91 Å². The molecule has 0 spiro atoms. The van der Waals surface area contributed by atoms with Crippen molar-refractivity contribution in [3.05, 3.63) is 50.0 Å². The Hall–Kier alpha value is -2.48. The maximum absolute atomic E-state index is 12.4. The minimum atomic E-state index is -0.714. The Bertz CT molecular complexity index is 770. The molecule has 0 aliphatic heterocycles. The standard InChI is InChI=1S/C15H15N3O4S/c1-8-7-16-15(23-8)13(9-2-3-9)17-14(20)10-4-5-12(19)11(6-10)18(21)22/h4-7,9,13,19H,2-3H2,1H3,(H,17,20)/t13-/m0/s1. The molecule has 1 aliphatic carbocycles. The van der Waals surface area contributed by atoms with Gasteiger partial charge in [-0.05, 0) is 37.8 Å². The summed E-state index contributed by atoms with van der Waals surface area (Å²) in [4.78, 5) is 28.0. The third-order valence-electron chi connectivity index (χ3n) is 3.72. The Balaban J connectivity index is 1.82. The molecule has 7 nitrogen and oxygen atoms in total. The van der Waals surface area contributed by atoms with Gasteiger partial charge >= 0.3 is 5.69 Å². The molecular weight excluding hydrogens is 318 g/mol. The van der Waals surface area contributed by atoms with E-state index in [2.05, 4.69) is 10.3 Å². The molecule has 0 radical (unpaired) electrons. The number of nitrogens with zero attached hydrogens (tertiary/aromatic N) is 2. The van der Waals surface area contributed by atoms with E-state index in [4.69, 9.17) is 0 Å². The van der Waals surface area contributed by atoms with Crippen LogP contribution in [0.15, 0.2) is 24.4 Å². The molecule has 1 heterocycles. The number of phenols is 1. The van der Waals surface area contributed by atoms with Gasteiger partial charge in [0.05, 0.1) is 11.0 Å². The second-order valence-electron chi connectivity index (χ2n) is 5.56. The molecule has 2 N–H and O–H groups in total. The summed E-state index contributed by atoms with van der Waals surface area (Å²) < 4.78 is 0. The lowest BCUT2D eigenvalue weighted by molar-refractivity contribution is -0.385. The van der Waals surface area contributed by atoms with E-state index in [1.165, 1.54) is 17.4 Å². The molecule has 2 aromatic rings. The number of nitro benzene ring substituents is 1. The molecule has 3 rings (SSSR count). The van der Waals surface area contributed by atoms with E-state index in [0.717, 1.165) is 34.9 Å². The molecule has 1 aromatic heterocycles. The molecule has 8 heteroatoms. The number of aromatic nitrogens is 1. The average Bonchev–Trinajstić information content (AvgIpc) is 3.26. The fraction of sp³-hybridized carbons (Fsp3) is 0.333. The maximum atomic E-state index is 12.4. The Morgan fingerprint density at radius 1 is 1.52 bits per heavy atom. The maximum Gasteiger partial charge on any atom is 0.311 e. The fourth-order valence-electron chi connectivity index (χ4n) is 2.36. The molecule has 23 heavy (non-hydrogen) atoms. The molecule has 1 saturated carbocycles. The summed E-state index contributed by atoms with van der Waals surface area (Å²) in [6.07, 6.45) is 3.82. The number of nitrogens with one attached hydrogen (secondary N) is 1. The number of hydrogen-bond acceptors (Lipinski definition) is 6. The second-order valence-corrected chi connectivity index (χ2v) is 6.82. The monoisotopic (exact) mass is 333 g/mol. The van der Waals surface area contributed by atoms with Gasteiger partial charge in [0.1, 0.15) is 5.01 Å². The third-order valence-corrected chi connectivity index (χ3v) is 4.72. The van der Waals surface area contributed by atoms with Crippen LogP contribution in [-0.2, 0) is 0 Å². The lowest BCUT2D eigenvalue weighted by atomic mass is 10.1. The highest BCUT2D eigenvalue weighted by Gasteiger charge is 2.35. The summed E-state index contributed by atoms with van der Waals surface area (Å²) >= 11 is 1.54. The predicted molar refractivity (Wildman–Crippen MR) is 84.5 cm³/mol. The Kier molecular flexibility index (Phi) is 3.99. The van der Waals surface area contributed by atoms with E-state index in [0.29, 0.717) is 5.92 Å². The molecule has 0 unspecified atom stereocenters. The summed E-state index contributed by atoms with van der Waals surface area (Å²) in [6, 6.07) is 3.44. The van der Waals surface area contributed by atoms with Gasteiger partial charge in [0.15, 0.2) is 5.75 Å². The largest absolute Gasteiger partial charge is 0.502 e. The minimum absolute atomic E-state index is 0.147. The predicted octanol–water partition coefficient (Wildman–Crippen LogP) is 2.95. The van der Waals surface area contributed by atoms with Crippen molar-refractivity contribution in [3.8, 4) is 5.75 Å². The van der Waals surface area contributed by atoms with E-state index in [1.807, 2.05) is 6.92 Å². The van der Waals surface area contributed by atoms with E-state index in [1.54, 1.807) is 6.20 Å². The van der Waals surface area contributed by atoms with E-state index in [-0.39, 0.29) is 11.6 Å². The number of nitro groups is 1. The van der Waals surface area contributed by atoms with Crippen molar-refractivity contribution in [2.45, 2.75) is 25.8 Å². The molecule has 1 atom stereocenters. The van der Waals surface area contributed by atoms with Crippen LogP contribution in [0, 0.1) is 23.0 Å². The van der Waals surface area contributed by atoms with Gasteiger partial charge in [-0.1, -0.05) is 0 Å². The van der Waals surface area contributed by atoms with Crippen LogP contribution in [0.2, 0.25) is 0 Å². The van der Waals surface area contributed by atoms with Crippen molar-refractivity contribution in [3.63, 3.8) is 0 Å². The second kappa shape index (κ2) is 5.96. The third kappa shape index (κ3) is 3.31. The van der Waals surface area contributed by atoms with Crippen LogP contribution in [0.25, 0.3) is 0 Å². The number of rotatable bonds is 5. The summed E-state index contributed by atoms with van der Waals surface area (Å²) in [7, 11) is 0. The molecule has 1 amide bonds. The summed E-state index contributed by atoms with van der Waals surface area (Å²) in [6.45, 7) is 1.95. The number of amides is 1. The number of carbonyl (C=O) groups excluding carboxylic acids is 1. The molecule has 1 aliphatic rings. The van der Waals surface area contributed by atoms with Crippen molar-refractivity contribution in [1.29, 1.82) is 0 Å². The van der Waals surface area contributed by atoms with E-state index in [9.17, 15) is 20.0 Å². The van der Waals surface area contributed by atoms with Gasteiger partial charge in [-0.15, -0.1) is 11.3 Å². The molecular formula is C15H15N3O4S. The number of benzene rings is 1. The SMILES string of the molecule is Cc1cnc([C@@H](NC(=O)c2ccc(O)c([N+](=O)[O-])c2)C2CC2)s1. The zero-order chi connectivity index (χ0) is 16.6. The van der Waals surface area contributed by atoms with Crippen molar-refractivity contribution >= 4 is 22.9 Å². The summed E-state index contributed by atoms with van der Waals surface area (Å²) in [5.41, 5.74) is -0.334. The number of hydrogen-bond donors (Lipinski definition) is 2. The van der Waals surface area contributed by atoms with Gasteiger partial charge in [-0.25, -0.2) is 4.98 Å². The van der Waals surface area contributed by atoms with E-state index < -0.39 is 22.3 Å². The molecule has 0 saturated heterocycles. The van der Waals surface area contributed by atoms with Gasteiger partial charge in [-0.2, -0.15) is 0 Å². The van der Waals surface area contributed by atoms with Crippen LogP contribution >= 0.6 is 11.3 Å². The quantitative estimate of drug-likeness (QED) is 0.646. The molecule has 120 valence electrons. The van der Waals surface area contributed by atoms with Crippen LogP contribution in [-0.4, -0.2) is 20.9 Å². The summed E-state index contributed by atoms with van der Waals surface area (Å²) in [5, 5.41) is 24.1. The highest BCUT2D eigenvalue weighted by Crippen LogP contribution is 2.42. The smallest absolute Gasteiger partial charge is 0.311 e. The van der Waals surface area contributed by atoms with Gasteiger partial charge in [-0.3, -0.25) is 14.9 Å². The van der Waals surface area contributed by atoms with Crippen molar-refractivity contribution < 1.29 is 14.8 Å². The fourth-order valence-corrected chi connectivity index (χ4v) is 3.28. The van der Waals surface area contributed by atoms with Crippen LogP contribution in [0.3, 0.4) is 0 Å². The number of phenolic OH excluding ortho intramolecular Hbond substituents is 1. The van der Waals surface area contributed by atoms with Crippen LogP contribution < -0.4 is 5.32 Å². The van der Waals surface area contributed by atoms with Crippen molar-refractivity contribution in [1.82, 2.24) is 10.3 Å². The van der Waals surface area contributed by atoms with Crippen LogP contribution in [0.5, 0.6) is 5.75 Å². The minimum Gasteiger partial charge on any atom is -0.502 e. The normalized spacial score (nSPS) is 15.2. The Morgan fingerprint density at radius 3 is 2.83 bits per heavy atom. The first-order valence-electron chi connectivity index (χ1n) is 7.16. The number of thiazole rings is 1. The first kappa shape index (κ1) is 15.4. The molecule has 1 aromatic carbocycles. The van der Waals surface area contributed by atoms with Crippen LogP contribution in [0.4, 0.5) is 5.69 Å². The number of aryl methyl sites for hydroxylation is 1. The highest BCUT2D eigenvalue weighted by atomic mass is 32.1. The van der Waals surface area contributed by atoms with Gasteiger partial charge < -0.3 is 10.4 Å². The molecule has 1 fully saturated rings. The first-order valence-corrected chi connectivity index (χ1v) is 7.98. The van der Waals surface area contributed by atoms with Crippen molar-refractivity contribution in [2.75, 3.05) is 0 Å². The average molecular weight is 333 g/mol. The first-order chi connectivity index (χ1) is 11.0. The molecule has 0 bridgehead atoms. The summed E-state index contributed by atoms with van der Waals surface area (Å²) in [5.74, 6) is -0.504. The number of aromatic hydroxyl groups is 1. The van der Waals surface area contributed by atoms with E-state index >= 15 is 0 Å². The van der Waals surface area contributed by atoms with Crippen LogP contribution in [0.1, 0.15) is 39.1 Å². The van der Waals surface area contributed by atoms with Gasteiger partial charge in [0.2, 0.25) is 0 Å².